The molecule has 96 heavy (non-hydrogen) atoms. The molecule has 552 valence electrons. The van der Waals surface area contributed by atoms with Crippen LogP contribution < -0.4 is 0 Å². The average Bonchev–Trinajstić information content (AvgIpc) is 2.74. The molecule has 2 unspecified atom stereocenters. The predicted molar refractivity (Wildman–Crippen MR) is 417 cm³/mol. The van der Waals surface area contributed by atoms with Crippen LogP contribution in [0.5, 0.6) is 0 Å². The van der Waals surface area contributed by atoms with Gasteiger partial charge in [-0.05, 0) is 109 Å². The molecule has 0 heterocycles. The highest BCUT2D eigenvalue weighted by atomic mass is 31.2. The van der Waals surface area contributed by atoms with Gasteiger partial charge in [0, 0.05) is 12.8 Å². The van der Waals surface area contributed by atoms with Crippen molar-refractivity contribution < 1.29 is 42.1 Å². The Labute approximate surface area is 593 Å². The number of esters is 2. The third-order valence-electron chi connectivity index (χ3n) is 17.2. The van der Waals surface area contributed by atoms with Gasteiger partial charge in [-0.3, -0.25) is 18.6 Å². The lowest BCUT2D eigenvalue weighted by atomic mass is 10.0. The van der Waals surface area contributed by atoms with Gasteiger partial charge in [0.1, 0.15) is 19.8 Å². The van der Waals surface area contributed by atoms with Crippen molar-refractivity contribution >= 4 is 19.8 Å². The smallest absolute Gasteiger partial charge is 0.462 e. The van der Waals surface area contributed by atoms with Crippen LogP contribution in [0.25, 0.3) is 0 Å². The zero-order chi connectivity index (χ0) is 69.7. The topological polar surface area (TPSA) is 108 Å². The van der Waals surface area contributed by atoms with E-state index in [0.717, 1.165) is 109 Å². The first-order valence-corrected chi connectivity index (χ1v) is 41.4. The van der Waals surface area contributed by atoms with Crippen LogP contribution in [-0.4, -0.2) is 74.9 Å². The summed E-state index contributed by atoms with van der Waals surface area (Å²) in [5.41, 5.74) is 0. The van der Waals surface area contributed by atoms with Crippen LogP contribution in [0, 0.1) is 0 Å². The summed E-state index contributed by atoms with van der Waals surface area (Å²) >= 11 is 0. The average molecular weight is 1360 g/mol. The second-order valence-electron chi connectivity index (χ2n) is 27.7. The Morgan fingerprint density at radius 3 is 0.833 bits per heavy atom. The van der Waals surface area contributed by atoms with Crippen LogP contribution >= 0.6 is 7.82 Å². The summed E-state index contributed by atoms with van der Waals surface area (Å²) in [6, 6.07) is 0. The maximum absolute atomic E-state index is 12.9. The van der Waals surface area contributed by atoms with E-state index in [2.05, 4.69) is 148 Å². The fourth-order valence-electron chi connectivity index (χ4n) is 11.2. The zero-order valence-corrected chi connectivity index (χ0v) is 64.0. The third kappa shape index (κ3) is 79.1. The molecule has 2 atom stereocenters. The number of hydrogen-bond acceptors (Lipinski definition) is 7. The van der Waals surface area contributed by atoms with Crippen LogP contribution in [0.4, 0.5) is 0 Å². The van der Waals surface area contributed by atoms with Gasteiger partial charge in [-0.15, -0.1) is 0 Å². The molecule has 0 amide bonds. The summed E-state index contributed by atoms with van der Waals surface area (Å²) in [5, 5.41) is 0. The Bertz CT molecular complexity index is 2090. The summed E-state index contributed by atoms with van der Waals surface area (Å²) in [7, 11) is 1.48. The molecule has 0 radical (unpaired) electrons. The van der Waals surface area contributed by atoms with E-state index in [4.69, 9.17) is 18.5 Å². The van der Waals surface area contributed by atoms with E-state index in [1.807, 2.05) is 21.1 Å². The van der Waals surface area contributed by atoms with E-state index in [9.17, 15) is 19.0 Å². The maximum atomic E-state index is 12.9. The van der Waals surface area contributed by atoms with E-state index in [-0.39, 0.29) is 32.0 Å². The molecule has 0 fully saturated rings. The number of likely N-dealkylation sites (N-methyl/N-ethyl adjacent to an activating group) is 1. The molecule has 9 nitrogen and oxygen atoms in total. The number of allylic oxidation sites excluding steroid dienone is 22. The number of quaternary nitrogens is 1. The van der Waals surface area contributed by atoms with E-state index in [1.165, 1.54) is 205 Å². The summed E-state index contributed by atoms with van der Waals surface area (Å²) in [6.45, 7) is 4.24. The van der Waals surface area contributed by atoms with Crippen molar-refractivity contribution in [3.63, 3.8) is 0 Å². The van der Waals surface area contributed by atoms with Crippen molar-refractivity contribution in [3.05, 3.63) is 134 Å². The first-order valence-electron chi connectivity index (χ1n) is 39.9. The minimum atomic E-state index is -4.40. The summed E-state index contributed by atoms with van der Waals surface area (Å²) < 4.78 is 34.8. The van der Waals surface area contributed by atoms with E-state index in [1.54, 1.807) is 0 Å². The monoisotopic (exact) mass is 1360 g/mol. The third-order valence-corrected chi connectivity index (χ3v) is 18.2. The van der Waals surface area contributed by atoms with Crippen molar-refractivity contribution in [2.75, 3.05) is 47.5 Å². The van der Waals surface area contributed by atoms with Gasteiger partial charge in [0.05, 0.1) is 27.7 Å². The number of unbranched alkanes of at least 4 members (excludes halogenated alkanes) is 37. The van der Waals surface area contributed by atoms with Gasteiger partial charge in [0.25, 0.3) is 0 Å². The zero-order valence-electron chi connectivity index (χ0n) is 63.1. The van der Waals surface area contributed by atoms with Crippen LogP contribution in [0.3, 0.4) is 0 Å². The molecule has 0 aromatic heterocycles. The molecule has 0 aromatic rings. The van der Waals surface area contributed by atoms with Gasteiger partial charge < -0.3 is 18.9 Å². The molecule has 10 heteroatoms. The molecule has 0 rings (SSSR count). The van der Waals surface area contributed by atoms with E-state index >= 15 is 0 Å². The molecule has 0 aliphatic carbocycles. The van der Waals surface area contributed by atoms with Gasteiger partial charge in [0.2, 0.25) is 0 Å². The molecular formula is C86H151NO8P+. The van der Waals surface area contributed by atoms with Gasteiger partial charge >= 0.3 is 19.8 Å². The Balaban J connectivity index is 3.96. The fourth-order valence-corrected chi connectivity index (χ4v) is 11.9. The molecule has 0 spiro atoms. The quantitative estimate of drug-likeness (QED) is 0.0211. The number of phosphoric acid groups is 1. The predicted octanol–water partition coefficient (Wildman–Crippen LogP) is 26.7. The van der Waals surface area contributed by atoms with Gasteiger partial charge in [-0.2, -0.15) is 0 Å². The van der Waals surface area contributed by atoms with E-state index < -0.39 is 26.5 Å². The molecule has 1 N–H and O–H groups in total. The van der Waals surface area contributed by atoms with Crippen molar-refractivity contribution in [2.45, 2.75) is 354 Å². The number of phosphoric ester groups is 1. The molecule has 0 saturated heterocycles. The van der Waals surface area contributed by atoms with Crippen LogP contribution in [0.2, 0.25) is 0 Å². The van der Waals surface area contributed by atoms with Crippen LogP contribution in [-0.2, 0) is 32.7 Å². The number of nitrogens with zero attached hydrogens (tertiary/aromatic N) is 1. The maximum Gasteiger partial charge on any atom is 0.472 e. The molecule has 0 saturated carbocycles. The molecule has 0 aliphatic heterocycles. The lowest BCUT2D eigenvalue weighted by molar-refractivity contribution is -0.870. The lowest BCUT2D eigenvalue weighted by Crippen LogP contribution is -2.37. The number of carbonyl (C=O) groups is 2. The minimum Gasteiger partial charge on any atom is -0.462 e. The number of hydrogen-bond donors (Lipinski definition) is 1. The highest BCUT2D eigenvalue weighted by Crippen LogP contribution is 2.43. The number of ether oxygens (including phenoxy) is 2. The van der Waals surface area contributed by atoms with Gasteiger partial charge in [-0.1, -0.05) is 359 Å². The number of carbonyl (C=O) groups excluding carboxylic acids is 2. The summed E-state index contributed by atoms with van der Waals surface area (Å²) in [5.74, 6) is -0.786. The normalized spacial score (nSPS) is 13.8. The SMILES string of the molecule is CC/C=C\C/C=C\C/C=C\C/C=C\C/C=C\C/C=C\CCCCCCCCCCCCCCCCCCC(=O)OC(COC(=O)CCCCCCCCCCCCCCCCCCCCCCC/C=C\C/C=C\C/C=C\C/C=C\C/C=C\CC)COP(=O)(O)OCC[N+](C)(C)C. The summed E-state index contributed by atoms with van der Waals surface area (Å²) in [4.78, 5) is 36.0. The van der Waals surface area contributed by atoms with Crippen molar-refractivity contribution in [2.24, 2.45) is 0 Å². The molecule has 0 bridgehead atoms. The van der Waals surface area contributed by atoms with Crippen molar-refractivity contribution in [1.29, 1.82) is 0 Å². The first kappa shape index (κ1) is 92.2. The Morgan fingerprint density at radius 1 is 0.323 bits per heavy atom. The molecular weight excluding hydrogens is 1210 g/mol. The number of rotatable bonds is 73. The summed E-state index contributed by atoms with van der Waals surface area (Å²) in [6.07, 6.45) is 110. The van der Waals surface area contributed by atoms with Crippen molar-refractivity contribution in [3.8, 4) is 0 Å². The largest absolute Gasteiger partial charge is 0.472 e. The lowest BCUT2D eigenvalue weighted by Gasteiger charge is -2.24. The highest BCUT2D eigenvalue weighted by molar-refractivity contribution is 7.47. The molecule has 0 aliphatic rings. The Morgan fingerprint density at radius 2 is 0.562 bits per heavy atom. The Kier molecular flexibility index (Phi) is 72.3. The van der Waals surface area contributed by atoms with E-state index in [0.29, 0.717) is 17.4 Å². The minimum absolute atomic E-state index is 0.0294. The second-order valence-corrected chi connectivity index (χ2v) is 29.1. The second kappa shape index (κ2) is 75.4. The highest BCUT2D eigenvalue weighted by Gasteiger charge is 2.27. The first-order chi connectivity index (χ1) is 47.0. The molecule has 0 aromatic carbocycles. The fraction of sp³-hybridized carbons (Fsp3) is 0.721. The Hall–Kier alpha value is -3.85. The van der Waals surface area contributed by atoms with Gasteiger partial charge in [-0.25, -0.2) is 4.57 Å². The van der Waals surface area contributed by atoms with Crippen LogP contribution in [0.15, 0.2) is 134 Å². The van der Waals surface area contributed by atoms with Crippen molar-refractivity contribution in [1.82, 2.24) is 0 Å². The van der Waals surface area contributed by atoms with Gasteiger partial charge in [0.15, 0.2) is 6.10 Å². The van der Waals surface area contributed by atoms with Crippen LogP contribution in [0.1, 0.15) is 348 Å². The standard InChI is InChI=1S/C86H150NO8P/c1-6-8-10-12-14-16-18-20-22-24-26-28-30-32-34-36-38-40-42-43-45-46-48-50-52-54-56-58-60-62-64-66-68-70-72-74-76-78-85(88)92-82-84(83-94-96(90,91)93-81-80-87(3,4)5)95-86(89)79-77-75-73-71-69-67-65-63-61-59-57-55-53-51-49-47-44-41-39-37-35-33-31-29-27-25-23-21-19-17-15-13-11-9-7-2/h8-11,14-17,20-23,26-29,32-35,39,41,84H,6-7,12-13,18-19,24-25,30-31,36-38,40,42-83H2,1-5H3/p+1/b10-8-,11-9-,16-14-,17-15-,22-20-,23-21-,28-26-,29-27-,34-32-,35-33-,41-39-.